The predicted molar refractivity (Wildman–Crippen MR) is 94.7 cm³/mol. The van der Waals surface area contributed by atoms with Crippen LogP contribution in [-0.4, -0.2) is 23.3 Å². The van der Waals surface area contributed by atoms with Crippen LogP contribution in [0.25, 0.3) is 10.9 Å². The van der Waals surface area contributed by atoms with Crippen molar-refractivity contribution < 1.29 is 18.4 Å². The average molecular weight is 357 g/mol. The Hall–Kier alpha value is -3.22. The molecule has 0 aliphatic carbocycles. The molecule has 0 atom stereocenters. The fourth-order valence-electron chi connectivity index (χ4n) is 2.82. The molecule has 0 unspecified atom stereocenters. The Morgan fingerprint density at radius 3 is 2.65 bits per heavy atom. The zero-order valence-electron chi connectivity index (χ0n) is 14.0. The van der Waals surface area contributed by atoms with E-state index in [1.54, 1.807) is 0 Å². The number of nitrogens with one attached hydrogen (secondary N) is 3. The van der Waals surface area contributed by atoms with Crippen molar-refractivity contribution in [3.8, 4) is 0 Å². The van der Waals surface area contributed by atoms with Gasteiger partial charge in [-0.2, -0.15) is 0 Å². The fourth-order valence-corrected chi connectivity index (χ4v) is 2.82. The summed E-state index contributed by atoms with van der Waals surface area (Å²) in [7, 11) is 0. The van der Waals surface area contributed by atoms with E-state index >= 15 is 0 Å². The number of hydrogen-bond acceptors (Lipinski definition) is 2. The Bertz CT molecular complexity index is 982. The Kier molecular flexibility index (Phi) is 4.97. The van der Waals surface area contributed by atoms with Gasteiger partial charge in [0.1, 0.15) is 0 Å². The van der Waals surface area contributed by atoms with Crippen molar-refractivity contribution in [2.75, 3.05) is 11.9 Å². The van der Waals surface area contributed by atoms with Crippen LogP contribution in [0.4, 0.5) is 14.5 Å². The maximum atomic E-state index is 13.5. The molecule has 0 radical (unpaired) electrons. The van der Waals surface area contributed by atoms with Crippen LogP contribution < -0.4 is 10.6 Å². The van der Waals surface area contributed by atoms with Crippen molar-refractivity contribution in [1.29, 1.82) is 0 Å². The summed E-state index contributed by atoms with van der Waals surface area (Å²) in [6, 6.07) is 9.26. The summed E-state index contributed by atoms with van der Waals surface area (Å²) in [4.78, 5) is 26.8. The average Bonchev–Trinajstić information content (AvgIpc) is 3.03. The lowest BCUT2D eigenvalue weighted by molar-refractivity contribution is -0.136. The summed E-state index contributed by atoms with van der Waals surface area (Å²) < 4.78 is 26.6. The van der Waals surface area contributed by atoms with E-state index in [-0.39, 0.29) is 12.2 Å². The molecule has 134 valence electrons. The molecule has 2 amide bonds. The minimum atomic E-state index is -1.21. The van der Waals surface area contributed by atoms with Crippen LogP contribution in [0.5, 0.6) is 0 Å². The number of halogens is 2. The summed E-state index contributed by atoms with van der Waals surface area (Å²) in [5.41, 5.74) is 2.77. The van der Waals surface area contributed by atoms with Gasteiger partial charge in [0, 0.05) is 23.6 Å². The second-order valence-corrected chi connectivity index (χ2v) is 5.87. The molecule has 0 aliphatic heterocycles. The quantitative estimate of drug-likeness (QED) is 0.628. The van der Waals surface area contributed by atoms with Gasteiger partial charge in [0.2, 0.25) is 0 Å². The first kappa shape index (κ1) is 17.6. The molecule has 0 fully saturated rings. The lowest BCUT2D eigenvalue weighted by Crippen LogP contribution is -2.36. The molecule has 0 bridgehead atoms. The number of rotatable bonds is 4. The third-order valence-corrected chi connectivity index (χ3v) is 4.08. The third-order valence-electron chi connectivity index (χ3n) is 4.08. The Morgan fingerprint density at radius 2 is 1.85 bits per heavy atom. The van der Waals surface area contributed by atoms with Gasteiger partial charge >= 0.3 is 11.8 Å². The Balaban J connectivity index is 1.58. The van der Waals surface area contributed by atoms with Gasteiger partial charge in [-0.05, 0) is 42.7 Å². The molecule has 0 saturated carbocycles. The highest BCUT2D eigenvalue weighted by atomic mass is 19.2. The SMILES string of the molecule is Cc1cccc2[nH]cc(CCNC(=O)C(=O)Nc3cccc(F)c3F)c12. The Labute approximate surface area is 148 Å². The topological polar surface area (TPSA) is 74.0 Å². The minimum absolute atomic E-state index is 0.235. The number of fused-ring (bicyclic) bond motifs is 1. The molecule has 3 N–H and O–H groups in total. The number of H-pyrrole nitrogens is 1. The molecule has 3 rings (SSSR count). The lowest BCUT2D eigenvalue weighted by Gasteiger charge is -2.08. The Morgan fingerprint density at radius 1 is 1.08 bits per heavy atom. The van der Waals surface area contributed by atoms with Crippen LogP contribution in [-0.2, 0) is 16.0 Å². The van der Waals surface area contributed by atoms with Crippen molar-refractivity contribution in [2.45, 2.75) is 13.3 Å². The van der Waals surface area contributed by atoms with E-state index in [0.717, 1.165) is 28.1 Å². The second-order valence-electron chi connectivity index (χ2n) is 5.87. The molecule has 0 aliphatic rings. The number of carbonyl (C=O) groups excluding carboxylic acids is 2. The van der Waals surface area contributed by atoms with Crippen molar-refractivity contribution in [3.05, 3.63) is 65.4 Å². The summed E-state index contributed by atoms with van der Waals surface area (Å²) in [6.45, 7) is 2.23. The summed E-state index contributed by atoms with van der Waals surface area (Å²) in [5.74, 6) is -4.27. The molecule has 0 spiro atoms. The van der Waals surface area contributed by atoms with Crippen molar-refractivity contribution in [2.24, 2.45) is 0 Å². The van der Waals surface area contributed by atoms with E-state index in [1.165, 1.54) is 12.1 Å². The van der Waals surface area contributed by atoms with Crippen molar-refractivity contribution in [3.63, 3.8) is 0 Å². The smallest absolute Gasteiger partial charge is 0.313 e. The molecule has 26 heavy (non-hydrogen) atoms. The number of carbonyl (C=O) groups is 2. The van der Waals surface area contributed by atoms with Crippen molar-refractivity contribution in [1.82, 2.24) is 10.3 Å². The van der Waals surface area contributed by atoms with Gasteiger partial charge in [-0.15, -0.1) is 0 Å². The number of benzene rings is 2. The second kappa shape index (κ2) is 7.35. The van der Waals surface area contributed by atoms with Crippen LogP contribution in [0.3, 0.4) is 0 Å². The molecular formula is C19H17F2N3O2. The molecule has 2 aromatic carbocycles. The van der Waals surface area contributed by atoms with Gasteiger partial charge in [0.15, 0.2) is 11.6 Å². The largest absolute Gasteiger partial charge is 0.361 e. The van der Waals surface area contributed by atoms with Crippen LogP contribution >= 0.6 is 0 Å². The number of aryl methyl sites for hydroxylation is 1. The molecule has 0 saturated heterocycles. The monoisotopic (exact) mass is 357 g/mol. The summed E-state index contributed by atoms with van der Waals surface area (Å²) in [6.07, 6.45) is 2.39. The highest BCUT2D eigenvalue weighted by Gasteiger charge is 2.17. The van der Waals surface area contributed by atoms with Crippen LogP contribution in [0, 0.1) is 18.6 Å². The highest BCUT2D eigenvalue weighted by Crippen LogP contribution is 2.22. The zero-order valence-corrected chi connectivity index (χ0v) is 14.0. The first-order valence-electron chi connectivity index (χ1n) is 8.06. The van der Waals surface area contributed by atoms with Gasteiger partial charge in [-0.1, -0.05) is 18.2 Å². The molecule has 3 aromatic rings. The third kappa shape index (κ3) is 3.56. The van der Waals surface area contributed by atoms with E-state index in [1.807, 2.05) is 31.3 Å². The van der Waals surface area contributed by atoms with E-state index in [2.05, 4.69) is 15.6 Å². The standard InChI is InChI=1S/C19H17F2N3O2/c1-11-4-2-6-14-16(11)12(10-23-14)8-9-22-18(25)19(26)24-15-7-3-5-13(20)17(15)21/h2-7,10,23H,8-9H2,1H3,(H,22,25)(H,24,26). The maximum Gasteiger partial charge on any atom is 0.313 e. The zero-order chi connectivity index (χ0) is 18.7. The summed E-state index contributed by atoms with van der Waals surface area (Å²) in [5, 5.41) is 5.63. The van der Waals surface area contributed by atoms with Crippen LogP contribution in [0.2, 0.25) is 0 Å². The fraction of sp³-hybridized carbons (Fsp3) is 0.158. The molecule has 7 heteroatoms. The van der Waals surface area contributed by atoms with Gasteiger partial charge < -0.3 is 15.6 Å². The van der Waals surface area contributed by atoms with Gasteiger partial charge in [-0.3, -0.25) is 9.59 Å². The number of anilines is 1. The van der Waals surface area contributed by atoms with E-state index < -0.39 is 23.4 Å². The number of aromatic nitrogens is 1. The van der Waals surface area contributed by atoms with Gasteiger partial charge in [0.05, 0.1) is 5.69 Å². The number of hydrogen-bond donors (Lipinski definition) is 3. The first-order valence-corrected chi connectivity index (χ1v) is 8.06. The predicted octanol–water partition coefficient (Wildman–Crippen LogP) is 3.05. The molecule has 1 heterocycles. The number of amides is 2. The highest BCUT2D eigenvalue weighted by molar-refractivity contribution is 6.39. The maximum absolute atomic E-state index is 13.5. The van der Waals surface area contributed by atoms with Crippen molar-refractivity contribution >= 4 is 28.4 Å². The number of aromatic amines is 1. The van der Waals surface area contributed by atoms with E-state index in [0.29, 0.717) is 6.42 Å². The van der Waals surface area contributed by atoms with E-state index in [9.17, 15) is 18.4 Å². The van der Waals surface area contributed by atoms with Gasteiger partial charge in [-0.25, -0.2) is 8.78 Å². The first-order chi connectivity index (χ1) is 12.5. The van der Waals surface area contributed by atoms with Crippen LogP contribution in [0.15, 0.2) is 42.6 Å². The lowest BCUT2D eigenvalue weighted by atomic mass is 10.1. The normalized spacial score (nSPS) is 10.7. The minimum Gasteiger partial charge on any atom is -0.361 e. The van der Waals surface area contributed by atoms with E-state index in [4.69, 9.17) is 0 Å². The van der Waals surface area contributed by atoms with Gasteiger partial charge in [0.25, 0.3) is 0 Å². The summed E-state index contributed by atoms with van der Waals surface area (Å²) >= 11 is 0. The molecular weight excluding hydrogens is 340 g/mol. The molecule has 5 nitrogen and oxygen atoms in total. The molecule has 1 aromatic heterocycles. The van der Waals surface area contributed by atoms with Crippen LogP contribution in [0.1, 0.15) is 11.1 Å².